The monoisotopic (exact) mass is 472 g/mol. The van der Waals surface area contributed by atoms with Crippen LogP contribution in [0.15, 0.2) is 71.6 Å². The second-order valence-corrected chi connectivity index (χ2v) is 9.56. The standard InChI is InChI=1S/C24H25ClN2O4S/c1-4-31-21-10-8-20(9-11-21)27(32(29,30)22-12-5-17(2)6-13-22)16-24(28)26-23-14-7-19(25)15-18(23)3/h5-15H,4,16H2,1-3H3,(H,26,28). The minimum absolute atomic E-state index is 0.104. The van der Waals surface area contributed by atoms with Crippen LogP contribution >= 0.6 is 11.6 Å². The molecular formula is C24H25ClN2O4S. The van der Waals surface area contributed by atoms with Gasteiger partial charge in [0.25, 0.3) is 10.0 Å². The maximum absolute atomic E-state index is 13.5. The topological polar surface area (TPSA) is 75.7 Å². The van der Waals surface area contributed by atoms with Crippen molar-refractivity contribution in [2.75, 3.05) is 22.8 Å². The van der Waals surface area contributed by atoms with Gasteiger partial charge in [0.05, 0.1) is 17.2 Å². The summed E-state index contributed by atoms with van der Waals surface area (Å²) in [4.78, 5) is 13.0. The first-order chi connectivity index (χ1) is 15.2. The van der Waals surface area contributed by atoms with E-state index in [-0.39, 0.29) is 4.90 Å². The molecule has 0 saturated heterocycles. The van der Waals surface area contributed by atoms with Crippen LogP contribution in [0.5, 0.6) is 5.75 Å². The molecule has 0 aromatic heterocycles. The normalized spacial score (nSPS) is 11.1. The summed E-state index contributed by atoms with van der Waals surface area (Å²) in [7, 11) is -3.99. The molecule has 3 rings (SSSR count). The number of sulfonamides is 1. The number of benzene rings is 3. The number of hydrogen-bond acceptors (Lipinski definition) is 4. The fourth-order valence-electron chi connectivity index (χ4n) is 3.12. The van der Waals surface area contributed by atoms with Crippen LogP contribution in [0.4, 0.5) is 11.4 Å². The number of nitrogens with one attached hydrogen (secondary N) is 1. The van der Waals surface area contributed by atoms with Gasteiger partial charge >= 0.3 is 0 Å². The Bertz CT molecular complexity index is 1190. The number of nitrogens with zero attached hydrogens (tertiary/aromatic N) is 1. The molecule has 0 atom stereocenters. The first kappa shape index (κ1) is 23.6. The van der Waals surface area contributed by atoms with Gasteiger partial charge in [-0.15, -0.1) is 0 Å². The van der Waals surface area contributed by atoms with Crippen LogP contribution in [-0.2, 0) is 14.8 Å². The molecule has 8 heteroatoms. The highest BCUT2D eigenvalue weighted by atomic mass is 35.5. The lowest BCUT2D eigenvalue weighted by molar-refractivity contribution is -0.114. The van der Waals surface area contributed by atoms with E-state index in [0.29, 0.717) is 28.8 Å². The van der Waals surface area contributed by atoms with E-state index < -0.39 is 22.5 Å². The van der Waals surface area contributed by atoms with Crippen LogP contribution in [0.25, 0.3) is 0 Å². The Morgan fingerprint density at radius 2 is 1.66 bits per heavy atom. The Hall–Kier alpha value is -3.03. The van der Waals surface area contributed by atoms with Gasteiger partial charge in [-0.2, -0.15) is 0 Å². The lowest BCUT2D eigenvalue weighted by atomic mass is 10.2. The van der Waals surface area contributed by atoms with Gasteiger partial charge in [0.2, 0.25) is 5.91 Å². The van der Waals surface area contributed by atoms with E-state index in [9.17, 15) is 13.2 Å². The van der Waals surface area contributed by atoms with Crippen molar-refractivity contribution in [2.45, 2.75) is 25.7 Å². The van der Waals surface area contributed by atoms with Crippen LogP contribution in [0, 0.1) is 13.8 Å². The highest BCUT2D eigenvalue weighted by Gasteiger charge is 2.27. The highest BCUT2D eigenvalue weighted by Crippen LogP contribution is 2.27. The van der Waals surface area contributed by atoms with Gasteiger partial charge in [0.1, 0.15) is 12.3 Å². The van der Waals surface area contributed by atoms with Crippen molar-refractivity contribution >= 4 is 38.9 Å². The van der Waals surface area contributed by atoms with Crippen LogP contribution in [0.1, 0.15) is 18.1 Å². The molecule has 0 heterocycles. The first-order valence-corrected chi connectivity index (χ1v) is 11.9. The number of ether oxygens (including phenoxy) is 1. The Labute approximate surface area is 193 Å². The van der Waals surface area contributed by atoms with E-state index in [1.807, 2.05) is 20.8 Å². The minimum atomic E-state index is -3.99. The lowest BCUT2D eigenvalue weighted by Gasteiger charge is -2.24. The number of carbonyl (C=O) groups is 1. The molecule has 0 saturated carbocycles. The Morgan fingerprint density at radius 1 is 1.00 bits per heavy atom. The molecule has 0 fully saturated rings. The van der Waals surface area contributed by atoms with E-state index in [2.05, 4.69) is 5.32 Å². The largest absolute Gasteiger partial charge is 0.494 e. The fourth-order valence-corrected chi connectivity index (χ4v) is 4.76. The van der Waals surface area contributed by atoms with E-state index in [0.717, 1.165) is 15.4 Å². The van der Waals surface area contributed by atoms with E-state index in [1.54, 1.807) is 54.6 Å². The summed E-state index contributed by atoms with van der Waals surface area (Å²) in [6.45, 7) is 5.66. The number of carbonyl (C=O) groups excluding carboxylic acids is 1. The molecule has 0 aliphatic heterocycles. The second kappa shape index (κ2) is 10.1. The molecule has 1 N–H and O–H groups in total. The predicted molar refractivity (Wildman–Crippen MR) is 128 cm³/mol. The summed E-state index contributed by atoms with van der Waals surface area (Å²) >= 11 is 5.98. The number of anilines is 2. The first-order valence-electron chi connectivity index (χ1n) is 10.1. The van der Waals surface area contributed by atoms with Gasteiger partial charge in [0.15, 0.2) is 0 Å². The van der Waals surface area contributed by atoms with Crippen molar-refractivity contribution in [1.82, 2.24) is 0 Å². The Morgan fingerprint density at radius 3 is 2.25 bits per heavy atom. The molecule has 3 aromatic rings. The van der Waals surface area contributed by atoms with Gasteiger partial charge in [0, 0.05) is 10.7 Å². The number of amides is 1. The smallest absolute Gasteiger partial charge is 0.264 e. The number of halogens is 1. The van der Waals surface area contributed by atoms with Crippen molar-refractivity contribution in [3.63, 3.8) is 0 Å². The van der Waals surface area contributed by atoms with Gasteiger partial charge < -0.3 is 10.1 Å². The molecule has 0 radical (unpaired) electrons. The molecule has 0 bridgehead atoms. The molecule has 3 aromatic carbocycles. The molecule has 0 spiro atoms. The van der Waals surface area contributed by atoms with Crippen molar-refractivity contribution in [3.8, 4) is 5.75 Å². The third-order valence-corrected chi connectivity index (χ3v) is 6.82. The summed E-state index contributed by atoms with van der Waals surface area (Å²) in [5.74, 6) is 0.144. The maximum atomic E-state index is 13.5. The second-order valence-electron chi connectivity index (χ2n) is 7.26. The summed E-state index contributed by atoms with van der Waals surface area (Å²) in [6.07, 6.45) is 0. The fraction of sp³-hybridized carbons (Fsp3) is 0.208. The average molecular weight is 473 g/mol. The molecule has 32 heavy (non-hydrogen) atoms. The van der Waals surface area contributed by atoms with Crippen LogP contribution in [0.2, 0.25) is 5.02 Å². The summed E-state index contributed by atoms with van der Waals surface area (Å²) < 4.78 is 33.4. The predicted octanol–water partition coefficient (Wildman–Crippen LogP) is 5.19. The van der Waals surface area contributed by atoms with Gasteiger partial charge in [-0.3, -0.25) is 9.10 Å². The third-order valence-electron chi connectivity index (χ3n) is 4.79. The van der Waals surface area contributed by atoms with Crippen molar-refractivity contribution in [1.29, 1.82) is 0 Å². The van der Waals surface area contributed by atoms with Gasteiger partial charge in [-0.05, 0) is 80.9 Å². The zero-order valence-electron chi connectivity index (χ0n) is 18.1. The van der Waals surface area contributed by atoms with Crippen molar-refractivity contribution < 1.29 is 17.9 Å². The van der Waals surface area contributed by atoms with E-state index in [4.69, 9.17) is 16.3 Å². The van der Waals surface area contributed by atoms with Crippen LogP contribution in [-0.4, -0.2) is 27.5 Å². The molecule has 168 valence electrons. The molecule has 1 amide bonds. The Kier molecular flexibility index (Phi) is 7.43. The van der Waals surface area contributed by atoms with Gasteiger partial charge in [-0.1, -0.05) is 29.3 Å². The van der Waals surface area contributed by atoms with E-state index >= 15 is 0 Å². The molecule has 0 unspecified atom stereocenters. The number of hydrogen-bond donors (Lipinski definition) is 1. The van der Waals surface area contributed by atoms with Gasteiger partial charge in [-0.25, -0.2) is 8.42 Å². The minimum Gasteiger partial charge on any atom is -0.494 e. The molecule has 6 nitrogen and oxygen atoms in total. The van der Waals surface area contributed by atoms with Crippen molar-refractivity contribution in [2.24, 2.45) is 0 Å². The summed E-state index contributed by atoms with van der Waals surface area (Å²) in [6, 6.07) is 18.2. The van der Waals surface area contributed by atoms with Crippen LogP contribution < -0.4 is 14.4 Å². The summed E-state index contributed by atoms with van der Waals surface area (Å²) in [5, 5.41) is 3.33. The number of aryl methyl sites for hydroxylation is 2. The highest BCUT2D eigenvalue weighted by molar-refractivity contribution is 7.92. The number of rotatable bonds is 8. The lowest BCUT2D eigenvalue weighted by Crippen LogP contribution is -2.38. The quantitative estimate of drug-likeness (QED) is 0.489. The molecular weight excluding hydrogens is 448 g/mol. The average Bonchev–Trinajstić information content (AvgIpc) is 2.75. The zero-order valence-corrected chi connectivity index (χ0v) is 19.7. The molecule has 0 aliphatic carbocycles. The zero-order chi connectivity index (χ0) is 23.3. The molecule has 0 aliphatic rings. The third kappa shape index (κ3) is 5.60. The maximum Gasteiger partial charge on any atom is 0.264 e. The van der Waals surface area contributed by atoms with Crippen LogP contribution in [0.3, 0.4) is 0 Å². The Balaban J connectivity index is 1.94. The van der Waals surface area contributed by atoms with E-state index in [1.165, 1.54) is 12.1 Å². The van der Waals surface area contributed by atoms with Crippen molar-refractivity contribution in [3.05, 3.63) is 82.9 Å². The SMILES string of the molecule is CCOc1ccc(N(CC(=O)Nc2ccc(Cl)cc2C)S(=O)(=O)c2ccc(C)cc2)cc1. The summed E-state index contributed by atoms with van der Waals surface area (Å²) in [5.41, 5.74) is 2.64.